The summed E-state index contributed by atoms with van der Waals surface area (Å²) in [5, 5.41) is 14.1. The molecule has 1 amide bonds. The number of nitrogens with zero attached hydrogens (tertiary/aromatic N) is 4. The van der Waals surface area contributed by atoms with Gasteiger partial charge in [0.15, 0.2) is 0 Å². The fraction of sp³-hybridized carbons (Fsp3) is 0.588. The molecule has 136 valence electrons. The molecule has 0 aromatic carbocycles. The van der Waals surface area contributed by atoms with Crippen LogP contribution in [0.15, 0.2) is 11.4 Å². The van der Waals surface area contributed by atoms with Gasteiger partial charge in [0.05, 0.1) is 11.4 Å². The van der Waals surface area contributed by atoms with Gasteiger partial charge in [0.25, 0.3) is 5.91 Å². The third-order valence-corrected chi connectivity index (χ3v) is 6.07. The van der Waals surface area contributed by atoms with Gasteiger partial charge >= 0.3 is 0 Å². The number of nitrogens with one attached hydrogen (secondary N) is 1. The van der Waals surface area contributed by atoms with E-state index < -0.39 is 0 Å². The second kappa shape index (κ2) is 7.85. The molecule has 0 aliphatic carbocycles. The molecule has 6 nitrogen and oxygen atoms in total. The Kier molecular flexibility index (Phi) is 5.76. The predicted octanol–water partition coefficient (Wildman–Crippen LogP) is 2.45. The molecule has 0 bridgehead atoms. The Morgan fingerprint density at radius 3 is 2.88 bits per heavy atom. The van der Waals surface area contributed by atoms with Gasteiger partial charge in [-0.1, -0.05) is 6.92 Å². The van der Waals surface area contributed by atoms with Crippen molar-refractivity contribution in [2.24, 2.45) is 0 Å². The van der Waals surface area contributed by atoms with Crippen LogP contribution in [0.5, 0.6) is 0 Å². The molecule has 1 fully saturated rings. The molecule has 2 aliphatic rings. The normalized spacial score (nSPS) is 17.9. The van der Waals surface area contributed by atoms with Crippen molar-refractivity contribution in [2.75, 3.05) is 19.6 Å². The number of hydrogen-bond acceptors (Lipinski definition) is 5. The van der Waals surface area contributed by atoms with Gasteiger partial charge in [-0.15, -0.1) is 33.9 Å². The topological polar surface area (TPSA) is 63.1 Å². The quantitative estimate of drug-likeness (QED) is 0.887. The van der Waals surface area contributed by atoms with Crippen LogP contribution in [0.25, 0.3) is 0 Å². The summed E-state index contributed by atoms with van der Waals surface area (Å²) in [5.74, 6) is 2.78. The molecule has 2 aromatic rings. The van der Waals surface area contributed by atoms with Gasteiger partial charge in [-0.2, -0.15) is 0 Å². The maximum Gasteiger partial charge on any atom is 0.264 e. The standard InChI is InChI=1S/C17H23N5OS.ClH/c1-2-12-5-10-24-15(12)17(23)21-7-3-13(4-8-21)16-20-19-14-11-18-6-9-22(14)16;/h5,10,13,18H,2-4,6-9,11H2,1H3;1H. The number of carbonyl (C=O) groups is 1. The molecule has 0 radical (unpaired) electrons. The molecule has 2 aromatic heterocycles. The lowest BCUT2D eigenvalue weighted by Gasteiger charge is -2.32. The lowest BCUT2D eigenvalue weighted by atomic mass is 9.95. The first-order valence-corrected chi connectivity index (χ1v) is 9.64. The Morgan fingerprint density at radius 1 is 1.32 bits per heavy atom. The molecule has 25 heavy (non-hydrogen) atoms. The lowest BCUT2D eigenvalue weighted by Crippen LogP contribution is -2.38. The number of carbonyl (C=O) groups excluding carboxylic acids is 1. The van der Waals surface area contributed by atoms with Gasteiger partial charge in [-0.25, -0.2) is 0 Å². The molecular formula is C17H24ClN5OS. The first-order chi connectivity index (χ1) is 11.8. The Balaban J connectivity index is 0.00000182. The molecular weight excluding hydrogens is 358 g/mol. The second-order valence-electron chi connectivity index (χ2n) is 6.50. The first kappa shape index (κ1) is 18.4. The Morgan fingerprint density at radius 2 is 2.12 bits per heavy atom. The van der Waals surface area contributed by atoms with E-state index in [-0.39, 0.29) is 18.3 Å². The van der Waals surface area contributed by atoms with Gasteiger partial charge in [0.2, 0.25) is 0 Å². The van der Waals surface area contributed by atoms with Gasteiger partial charge in [0.1, 0.15) is 11.6 Å². The molecule has 1 saturated heterocycles. The summed E-state index contributed by atoms with van der Waals surface area (Å²) in [5.41, 5.74) is 1.17. The molecule has 0 spiro atoms. The van der Waals surface area contributed by atoms with Crippen molar-refractivity contribution in [3.63, 3.8) is 0 Å². The summed E-state index contributed by atoms with van der Waals surface area (Å²) in [6.07, 6.45) is 2.87. The van der Waals surface area contributed by atoms with Crippen LogP contribution in [0.3, 0.4) is 0 Å². The van der Waals surface area contributed by atoms with Crippen LogP contribution in [0.2, 0.25) is 0 Å². The third-order valence-electron chi connectivity index (χ3n) is 5.12. The Hall–Kier alpha value is -1.44. The van der Waals surface area contributed by atoms with E-state index in [0.29, 0.717) is 5.92 Å². The lowest BCUT2D eigenvalue weighted by molar-refractivity contribution is 0.0714. The SMILES string of the molecule is CCc1ccsc1C(=O)N1CCC(c2nnc3n2CCNC3)CC1.Cl. The van der Waals surface area contributed by atoms with Gasteiger partial charge in [0, 0.05) is 32.1 Å². The van der Waals surface area contributed by atoms with Gasteiger partial charge < -0.3 is 14.8 Å². The van der Waals surface area contributed by atoms with Crippen LogP contribution < -0.4 is 5.32 Å². The number of piperidine rings is 1. The van der Waals surface area contributed by atoms with Gasteiger partial charge in [-0.3, -0.25) is 4.79 Å². The highest BCUT2D eigenvalue weighted by Gasteiger charge is 2.29. The van der Waals surface area contributed by atoms with Crippen LogP contribution in [0, 0.1) is 0 Å². The van der Waals surface area contributed by atoms with Crippen LogP contribution in [0.4, 0.5) is 0 Å². The van der Waals surface area contributed by atoms with E-state index in [1.54, 1.807) is 11.3 Å². The number of rotatable bonds is 3. The van der Waals surface area contributed by atoms with E-state index in [0.717, 1.165) is 68.5 Å². The Bertz CT molecular complexity index is 735. The van der Waals surface area contributed by atoms with Crippen LogP contribution in [-0.2, 0) is 19.5 Å². The van der Waals surface area contributed by atoms with Crippen LogP contribution >= 0.6 is 23.7 Å². The molecule has 0 unspecified atom stereocenters. The monoisotopic (exact) mass is 381 g/mol. The highest BCUT2D eigenvalue weighted by Crippen LogP contribution is 2.29. The molecule has 1 N–H and O–H groups in total. The largest absolute Gasteiger partial charge is 0.338 e. The predicted molar refractivity (Wildman–Crippen MR) is 101 cm³/mol. The average molecular weight is 382 g/mol. The zero-order valence-corrected chi connectivity index (χ0v) is 16.0. The molecule has 2 aliphatic heterocycles. The zero-order valence-electron chi connectivity index (χ0n) is 14.4. The Labute approximate surface area is 158 Å². The first-order valence-electron chi connectivity index (χ1n) is 8.76. The number of fused-ring (bicyclic) bond motifs is 1. The number of amides is 1. The molecule has 4 heterocycles. The minimum Gasteiger partial charge on any atom is -0.338 e. The van der Waals surface area contributed by atoms with Crippen molar-refractivity contribution in [3.8, 4) is 0 Å². The number of aryl methyl sites for hydroxylation is 1. The van der Waals surface area contributed by atoms with Crippen molar-refractivity contribution >= 4 is 29.7 Å². The third kappa shape index (κ3) is 3.45. The molecule has 8 heteroatoms. The van der Waals surface area contributed by atoms with Gasteiger partial charge in [-0.05, 0) is 36.3 Å². The highest BCUT2D eigenvalue weighted by molar-refractivity contribution is 7.12. The van der Waals surface area contributed by atoms with E-state index >= 15 is 0 Å². The summed E-state index contributed by atoms with van der Waals surface area (Å²) in [4.78, 5) is 15.7. The molecule has 4 rings (SSSR count). The van der Waals surface area contributed by atoms with Crippen molar-refractivity contribution in [2.45, 2.75) is 45.2 Å². The zero-order chi connectivity index (χ0) is 16.5. The number of aromatic nitrogens is 3. The maximum absolute atomic E-state index is 12.8. The number of likely N-dealkylation sites (tertiary alicyclic amines) is 1. The van der Waals surface area contributed by atoms with Crippen LogP contribution in [-0.4, -0.2) is 45.2 Å². The summed E-state index contributed by atoms with van der Waals surface area (Å²) < 4.78 is 2.27. The van der Waals surface area contributed by atoms with E-state index in [2.05, 4.69) is 33.1 Å². The second-order valence-corrected chi connectivity index (χ2v) is 7.41. The van der Waals surface area contributed by atoms with E-state index in [1.807, 2.05) is 10.3 Å². The summed E-state index contributed by atoms with van der Waals surface area (Å²) in [7, 11) is 0. The van der Waals surface area contributed by atoms with Crippen molar-refractivity contribution in [1.82, 2.24) is 25.0 Å². The number of hydrogen-bond donors (Lipinski definition) is 1. The molecule has 0 saturated carbocycles. The van der Waals surface area contributed by atoms with E-state index in [4.69, 9.17) is 0 Å². The van der Waals surface area contributed by atoms with Crippen LogP contribution in [0.1, 0.15) is 52.6 Å². The van der Waals surface area contributed by atoms with E-state index in [9.17, 15) is 4.79 Å². The minimum atomic E-state index is 0. The minimum absolute atomic E-state index is 0. The fourth-order valence-corrected chi connectivity index (χ4v) is 4.66. The summed E-state index contributed by atoms with van der Waals surface area (Å²) >= 11 is 1.57. The fourth-order valence-electron chi connectivity index (χ4n) is 3.70. The highest BCUT2D eigenvalue weighted by atomic mass is 35.5. The summed E-state index contributed by atoms with van der Waals surface area (Å²) in [6.45, 7) is 6.46. The maximum atomic E-state index is 12.8. The average Bonchev–Trinajstić information content (AvgIpc) is 3.28. The van der Waals surface area contributed by atoms with Crippen molar-refractivity contribution < 1.29 is 4.79 Å². The van der Waals surface area contributed by atoms with E-state index in [1.165, 1.54) is 5.56 Å². The number of thiophene rings is 1. The number of halogens is 1. The smallest absolute Gasteiger partial charge is 0.264 e. The van der Waals surface area contributed by atoms with Crippen molar-refractivity contribution in [3.05, 3.63) is 33.5 Å². The van der Waals surface area contributed by atoms with Crippen molar-refractivity contribution in [1.29, 1.82) is 0 Å². The molecule has 0 atom stereocenters. The summed E-state index contributed by atoms with van der Waals surface area (Å²) in [6, 6.07) is 2.07.